The highest BCUT2D eigenvalue weighted by molar-refractivity contribution is 5.94. The normalized spacial score (nSPS) is 48.5. The van der Waals surface area contributed by atoms with Crippen molar-refractivity contribution in [2.75, 3.05) is 27.3 Å². The molecule has 4 rings (SSSR count). The van der Waals surface area contributed by atoms with E-state index in [0.717, 1.165) is 5.57 Å². The van der Waals surface area contributed by atoms with E-state index in [1.807, 2.05) is 67.5 Å². The highest BCUT2D eigenvalue weighted by atomic mass is 16.7. The van der Waals surface area contributed by atoms with Gasteiger partial charge in [0.2, 0.25) is 0 Å². The molecular formula is C33H56N2O8. The summed E-state index contributed by atoms with van der Waals surface area (Å²) in [7, 11) is 3.89. The van der Waals surface area contributed by atoms with E-state index in [1.165, 1.54) is 0 Å². The van der Waals surface area contributed by atoms with Crippen molar-refractivity contribution in [3.8, 4) is 0 Å². The molecule has 0 saturated carbocycles. The van der Waals surface area contributed by atoms with Crippen molar-refractivity contribution < 1.29 is 38.3 Å². The molecule has 0 aromatic carbocycles. The van der Waals surface area contributed by atoms with Gasteiger partial charge in [-0.05, 0) is 72.5 Å². The molecule has 2 N–H and O–H groups in total. The number of hydrogen-bond acceptors (Lipinski definition) is 10. The maximum atomic E-state index is 13.8. The predicted octanol–water partition coefficient (Wildman–Crippen LogP) is 3.98. The topological polar surface area (TPSA) is 120 Å². The summed E-state index contributed by atoms with van der Waals surface area (Å²) in [6, 6.07) is -0.149. The number of fused-ring (bicyclic) bond motifs is 5. The van der Waals surface area contributed by atoms with Crippen molar-refractivity contribution in [2.24, 2.45) is 23.7 Å². The zero-order chi connectivity index (χ0) is 32.0. The maximum absolute atomic E-state index is 13.8. The number of ether oxygens (including phenoxy) is 6. The van der Waals surface area contributed by atoms with Gasteiger partial charge in [-0.2, -0.15) is 0 Å². The zero-order valence-corrected chi connectivity index (χ0v) is 27.9. The highest BCUT2D eigenvalue weighted by Gasteiger charge is 2.57. The van der Waals surface area contributed by atoms with Crippen LogP contribution in [0, 0.1) is 29.1 Å². The Bertz CT molecular complexity index is 1040. The second-order valence-corrected chi connectivity index (χ2v) is 14.3. The molecule has 0 aromatic heterocycles. The van der Waals surface area contributed by atoms with Crippen LogP contribution in [0.25, 0.3) is 0 Å². The first-order chi connectivity index (χ1) is 20.0. The SMILES string of the molecule is C=C1CO[C@H]2[C@@H](C)[C@@H](O[C@@H]3O[C@H](C)C[C@H](N(C)C)[C@H]3O)[C@@](C)(C[C@@H](C)C3OC(C)(C(=N)C3C)[C@@H](CC)OC(=O)[C@@H]2C)OC1. The van der Waals surface area contributed by atoms with Crippen LogP contribution in [0.2, 0.25) is 0 Å². The summed E-state index contributed by atoms with van der Waals surface area (Å²) in [6.07, 6.45) is -2.35. The van der Waals surface area contributed by atoms with Crippen molar-refractivity contribution in [3.05, 3.63) is 12.2 Å². The van der Waals surface area contributed by atoms with Gasteiger partial charge < -0.3 is 43.8 Å². The van der Waals surface area contributed by atoms with Gasteiger partial charge in [-0.3, -0.25) is 4.79 Å². The molecule has 10 nitrogen and oxygen atoms in total. The smallest absolute Gasteiger partial charge is 0.311 e. The van der Waals surface area contributed by atoms with Crippen LogP contribution < -0.4 is 0 Å². The number of hydrogen-bond donors (Lipinski definition) is 2. The standard InChI is InChI=1S/C33H56N2O8/c1-12-24-33(9)28(34)20(5)26(43-33)18(3)14-32(8)29(42-31-25(36)23(35(10)11)13-19(4)40-31)21(6)27(22(7)30(37)41-24)38-15-17(2)16-39-32/h18-27,29,31,34,36H,2,12-16H2,1,3-11H3/t18-,19-,20?,21-,22-,23+,24-,25-,26?,27+,29-,31+,32-,33?/m1/s1. The molecule has 0 spiro atoms. The van der Waals surface area contributed by atoms with Crippen LogP contribution in [0.5, 0.6) is 0 Å². The average Bonchev–Trinajstić information content (AvgIpc) is 3.20. The van der Waals surface area contributed by atoms with Gasteiger partial charge in [0.05, 0.1) is 49.1 Å². The third-order valence-electron chi connectivity index (χ3n) is 10.5. The summed E-state index contributed by atoms with van der Waals surface area (Å²) in [5.41, 5.74) is -0.748. The van der Waals surface area contributed by atoms with Gasteiger partial charge in [-0.1, -0.05) is 34.3 Å². The van der Waals surface area contributed by atoms with E-state index in [9.17, 15) is 9.90 Å². The predicted molar refractivity (Wildman–Crippen MR) is 163 cm³/mol. The Morgan fingerprint density at radius 2 is 1.77 bits per heavy atom. The Kier molecular flexibility index (Phi) is 10.5. The van der Waals surface area contributed by atoms with E-state index in [4.69, 9.17) is 33.8 Å². The first-order valence-corrected chi connectivity index (χ1v) is 16.1. The maximum Gasteiger partial charge on any atom is 0.311 e. The molecule has 0 amide bonds. The molecule has 4 saturated heterocycles. The lowest BCUT2D eigenvalue weighted by molar-refractivity contribution is -0.303. The average molecular weight is 609 g/mol. The van der Waals surface area contributed by atoms with Crippen molar-refractivity contribution in [2.45, 2.75) is 135 Å². The summed E-state index contributed by atoms with van der Waals surface area (Å²) < 4.78 is 39.2. The number of carbonyl (C=O) groups excluding carboxylic acids is 1. The number of nitrogens with zero attached hydrogens (tertiary/aromatic N) is 1. The van der Waals surface area contributed by atoms with Crippen LogP contribution in [0.1, 0.15) is 74.7 Å². The number of nitrogens with one attached hydrogen (secondary N) is 1. The van der Waals surface area contributed by atoms with Crippen LogP contribution in [0.3, 0.4) is 0 Å². The molecule has 4 heterocycles. The van der Waals surface area contributed by atoms with E-state index in [1.54, 1.807) is 0 Å². The number of aliphatic hydroxyl groups excluding tert-OH is 1. The fourth-order valence-electron chi connectivity index (χ4n) is 7.97. The van der Waals surface area contributed by atoms with Gasteiger partial charge in [0.25, 0.3) is 0 Å². The summed E-state index contributed by atoms with van der Waals surface area (Å²) in [6.45, 7) is 20.5. The highest BCUT2D eigenvalue weighted by Crippen LogP contribution is 2.45. The second kappa shape index (κ2) is 13.1. The van der Waals surface area contributed by atoms with Gasteiger partial charge in [0.1, 0.15) is 17.8 Å². The molecule has 4 fully saturated rings. The Labute approximate surface area is 258 Å². The molecular weight excluding hydrogens is 552 g/mol. The lowest BCUT2D eigenvalue weighted by Gasteiger charge is -2.48. The van der Waals surface area contributed by atoms with Crippen molar-refractivity contribution in [1.82, 2.24) is 4.90 Å². The van der Waals surface area contributed by atoms with Crippen LogP contribution in [-0.4, -0.2) is 109 Å². The van der Waals surface area contributed by atoms with Gasteiger partial charge >= 0.3 is 5.97 Å². The van der Waals surface area contributed by atoms with E-state index < -0.39 is 53.8 Å². The molecule has 14 atom stereocenters. The number of esters is 1. The van der Waals surface area contributed by atoms with E-state index in [0.29, 0.717) is 25.0 Å². The van der Waals surface area contributed by atoms with Gasteiger partial charge in [0.15, 0.2) is 6.29 Å². The first kappa shape index (κ1) is 34.5. The first-order valence-electron chi connectivity index (χ1n) is 16.1. The molecule has 0 radical (unpaired) electrons. The van der Waals surface area contributed by atoms with Crippen LogP contribution in [0.4, 0.5) is 0 Å². The molecule has 4 aliphatic rings. The largest absolute Gasteiger partial charge is 0.459 e. The summed E-state index contributed by atoms with van der Waals surface area (Å²) in [5.74, 6) is -1.67. The Morgan fingerprint density at radius 1 is 1.09 bits per heavy atom. The van der Waals surface area contributed by atoms with Crippen molar-refractivity contribution >= 4 is 11.7 Å². The van der Waals surface area contributed by atoms with E-state index in [-0.39, 0.29) is 49.2 Å². The van der Waals surface area contributed by atoms with Crippen molar-refractivity contribution in [3.63, 3.8) is 0 Å². The van der Waals surface area contributed by atoms with Crippen LogP contribution in [-0.2, 0) is 33.2 Å². The minimum Gasteiger partial charge on any atom is -0.459 e. The number of carbonyl (C=O) groups is 1. The van der Waals surface area contributed by atoms with Crippen molar-refractivity contribution in [1.29, 1.82) is 5.41 Å². The summed E-state index contributed by atoms with van der Waals surface area (Å²) in [5, 5.41) is 20.5. The summed E-state index contributed by atoms with van der Waals surface area (Å²) in [4.78, 5) is 15.9. The van der Waals surface area contributed by atoms with Gasteiger partial charge in [-0.15, -0.1) is 0 Å². The number of likely N-dealkylation sites (N-methyl/N-ethyl adjacent to an activating group) is 1. The third-order valence-corrected chi connectivity index (χ3v) is 10.5. The molecule has 246 valence electrons. The molecule has 3 unspecified atom stereocenters. The Balaban J connectivity index is 1.83. The lowest BCUT2D eigenvalue weighted by Crippen LogP contribution is -2.59. The third kappa shape index (κ3) is 6.62. The van der Waals surface area contributed by atoms with Crippen LogP contribution in [0.15, 0.2) is 12.2 Å². The number of rotatable bonds is 4. The summed E-state index contributed by atoms with van der Waals surface area (Å²) >= 11 is 0. The molecule has 43 heavy (non-hydrogen) atoms. The molecule has 10 heteroatoms. The van der Waals surface area contributed by atoms with Gasteiger partial charge in [-0.25, -0.2) is 0 Å². The van der Waals surface area contributed by atoms with Crippen LogP contribution >= 0.6 is 0 Å². The lowest BCUT2D eigenvalue weighted by atomic mass is 9.75. The fraction of sp³-hybridized carbons (Fsp3) is 0.879. The quantitative estimate of drug-likeness (QED) is 0.361. The Morgan fingerprint density at radius 3 is 2.40 bits per heavy atom. The molecule has 4 aliphatic heterocycles. The second-order valence-electron chi connectivity index (χ2n) is 14.3. The fourth-order valence-corrected chi connectivity index (χ4v) is 7.97. The number of cyclic esters (lactones) is 1. The zero-order valence-electron chi connectivity index (χ0n) is 27.9. The van der Waals surface area contributed by atoms with E-state index >= 15 is 0 Å². The monoisotopic (exact) mass is 608 g/mol. The molecule has 4 bridgehead atoms. The Hall–Kier alpha value is -1.40. The number of aliphatic hydroxyl groups is 1. The van der Waals surface area contributed by atoms with Gasteiger partial charge in [0, 0.05) is 23.6 Å². The minimum atomic E-state index is -1.03. The minimum absolute atomic E-state index is 0.0501. The molecule has 0 aromatic rings. The molecule has 0 aliphatic carbocycles. The van der Waals surface area contributed by atoms with E-state index in [2.05, 4.69) is 13.5 Å².